The molecule has 5 aliphatic rings. The minimum atomic E-state index is -1.57. The van der Waals surface area contributed by atoms with Crippen LogP contribution < -0.4 is 0 Å². The molecule has 0 aromatic carbocycles. The predicted octanol–water partition coefficient (Wildman–Crippen LogP) is 3.28. The molecule has 5 rings (SSSR count). The number of aliphatic hydroxyl groups excluding tert-OH is 5. The van der Waals surface area contributed by atoms with E-state index < -0.39 is 66.0 Å². The van der Waals surface area contributed by atoms with E-state index in [0.717, 1.165) is 31.3 Å². The van der Waals surface area contributed by atoms with Gasteiger partial charge in [0.1, 0.15) is 30.7 Å². The molecule has 0 radical (unpaired) electrons. The van der Waals surface area contributed by atoms with Gasteiger partial charge < -0.3 is 44.9 Å². The number of hydrogen-bond donors (Lipinski definition) is 6. The Balaban J connectivity index is 1.58. The molecule has 0 amide bonds. The van der Waals surface area contributed by atoms with Gasteiger partial charge in [-0.25, -0.2) is 0 Å². The molecule has 1 aliphatic heterocycles. The molecule has 9 heteroatoms. The molecule has 0 spiro atoms. The molecule has 0 bridgehead atoms. The van der Waals surface area contributed by atoms with E-state index >= 15 is 0 Å². The highest BCUT2D eigenvalue weighted by Gasteiger charge is 2.71. The lowest BCUT2D eigenvalue weighted by atomic mass is 9.38. The van der Waals surface area contributed by atoms with Crippen molar-refractivity contribution < 1.29 is 44.9 Å². The number of rotatable bonds is 8. The second-order valence-corrected chi connectivity index (χ2v) is 16.7. The minimum Gasteiger partial charge on any atom is -0.394 e. The SMILES string of the molecule is C[C@H](C/C=C/C(C)(C)O)[C@H]1CC[C@@]2(C)[C@@H]3[C@H](O[C@H]4O[C@H](CO)[C@@H](O)[C@H](O)[C@H]4O)C=C4[C@@H](CC[C@H](O)C4(C)C)[C@]3(C=O)CC[C@]12C. The van der Waals surface area contributed by atoms with Gasteiger partial charge in [-0.3, -0.25) is 0 Å². The minimum absolute atomic E-state index is 0.0550. The number of allylic oxidation sites excluding steroid dienone is 1. The molecule has 0 aromatic heterocycles. The maximum atomic E-state index is 13.7. The fourth-order valence-corrected chi connectivity index (χ4v) is 10.7. The number of hydrogen-bond acceptors (Lipinski definition) is 9. The van der Waals surface area contributed by atoms with Crippen LogP contribution in [0.4, 0.5) is 0 Å². The molecule has 6 N–H and O–H groups in total. The highest BCUT2D eigenvalue weighted by molar-refractivity contribution is 5.65. The molecule has 3 saturated carbocycles. The second kappa shape index (κ2) is 12.1. The van der Waals surface area contributed by atoms with Crippen molar-refractivity contribution in [2.75, 3.05) is 6.61 Å². The van der Waals surface area contributed by atoms with Gasteiger partial charge in [-0.1, -0.05) is 58.4 Å². The third-order valence-electron chi connectivity index (χ3n) is 13.5. The van der Waals surface area contributed by atoms with Crippen molar-refractivity contribution in [1.29, 1.82) is 0 Å². The molecule has 14 atom stereocenters. The summed E-state index contributed by atoms with van der Waals surface area (Å²) in [5, 5.41) is 63.2. The molecule has 0 unspecified atom stereocenters. The second-order valence-electron chi connectivity index (χ2n) is 16.7. The third-order valence-corrected chi connectivity index (χ3v) is 13.5. The van der Waals surface area contributed by atoms with Gasteiger partial charge in [0.25, 0.3) is 0 Å². The van der Waals surface area contributed by atoms with E-state index in [1.165, 1.54) is 6.29 Å². The monoisotopic (exact) mass is 634 g/mol. The van der Waals surface area contributed by atoms with Crippen LogP contribution in [-0.4, -0.2) is 92.0 Å². The quantitative estimate of drug-likeness (QED) is 0.174. The van der Waals surface area contributed by atoms with Crippen LogP contribution in [0.2, 0.25) is 0 Å². The number of ether oxygens (including phenoxy) is 2. The first-order valence-electron chi connectivity index (χ1n) is 17.1. The summed E-state index contributed by atoms with van der Waals surface area (Å²) in [5.74, 6) is 0.405. The van der Waals surface area contributed by atoms with Gasteiger partial charge in [0, 0.05) is 16.7 Å². The topological polar surface area (TPSA) is 157 Å². The molecule has 1 saturated heterocycles. The van der Waals surface area contributed by atoms with Gasteiger partial charge in [-0.15, -0.1) is 0 Å². The van der Waals surface area contributed by atoms with Crippen molar-refractivity contribution in [2.24, 2.45) is 45.3 Å². The number of carbonyl (C=O) groups is 1. The van der Waals surface area contributed by atoms with Crippen LogP contribution in [0.1, 0.15) is 93.4 Å². The zero-order valence-corrected chi connectivity index (χ0v) is 28.2. The Kier molecular flexibility index (Phi) is 9.42. The van der Waals surface area contributed by atoms with E-state index in [1.54, 1.807) is 13.8 Å². The first-order valence-corrected chi connectivity index (χ1v) is 17.1. The number of aldehydes is 1. The highest BCUT2D eigenvalue weighted by atomic mass is 16.7. The summed E-state index contributed by atoms with van der Waals surface area (Å²) >= 11 is 0. The summed E-state index contributed by atoms with van der Waals surface area (Å²) < 4.78 is 12.5. The van der Waals surface area contributed by atoms with Crippen LogP contribution in [0.5, 0.6) is 0 Å². The number of fused-ring (bicyclic) bond motifs is 5. The summed E-state index contributed by atoms with van der Waals surface area (Å²) in [5.41, 5.74) is -1.68. The first-order chi connectivity index (χ1) is 20.9. The van der Waals surface area contributed by atoms with Gasteiger partial charge in [-0.05, 0) is 87.4 Å². The smallest absolute Gasteiger partial charge is 0.187 e. The molecule has 4 fully saturated rings. The Bertz CT molecular complexity index is 1160. The lowest BCUT2D eigenvalue weighted by Crippen LogP contribution is -2.66. The van der Waals surface area contributed by atoms with E-state index in [9.17, 15) is 35.4 Å². The lowest BCUT2D eigenvalue weighted by molar-refractivity contribution is -0.321. The van der Waals surface area contributed by atoms with Crippen molar-refractivity contribution in [3.63, 3.8) is 0 Å². The van der Waals surface area contributed by atoms with E-state index in [-0.39, 0.29) is 22.7 Å². The summed E-state index contributed by atoms with van der Waals surface area (Å²) in [7, 11) is 0. The van der Waals surface area contributed by atoms with Gasteiger partial charge in [-0.2, -0.15) is 0 Å². The fourth-order valence-electron chi connectivity index (χ4n) is 10.7. The van der Waals surface area contributed by atoms with Gasteiger partial charge in [0.05, 0.1) is 24.4 Å². The maximum absolute atomic E-state index is 13.7. The Morgan fingerprint density at radius 3 is 2.31 bits per heavy atom. The molecular weight excluding hydrogens is 576 g/mol. The van der Waals surface area contributed by atoms with E-state index in [4.69, 9.17) is 9.47 Å². The van der Waals surface area contributed by atoms with Gasteiger partial charge in [0.15, 0.2) is 6.29 Å². The Hall–Kier alpha value is -1.17. The number of carbonyl (C=O) groups excluding carboxylic acids is 1. The molecule has 4 aliphatic carbocycles. The number of aliphatic hydroxyl groups is 6. The molecule has 45 heavy (non-hydrogen) atoms. The van der Waals surface area contributed by atoms with Crippen LogP contribution in [-0.2, 0) is 14.3 Å². The van der Waals surface area contributed by atoms with Crippen LogP contribution in [0.3, 0.4) is 0 Å². The summed E-state index contributed by atoms with van der Waals surface area (Å²) in [6.07, 6.45) is 4.43. The summed E-state index contributed by atoms with van der Waals surface area (Å²) in [6, 6.07) is 0. The standard InChI is InChI=1S/C36H58O9/c1-20(9-8-13-32(2,3)43)21-12-14-35(7)30-24(44-31-29(42)28(41)27(40)25(18-37)45-31)17-23-22(10-11-26(39)33(23,4)5)36(30,19-38)16-15-34(21,35)6/h8,13,17,19-22,24-31,37,39-43H,9-12,14-16,18H2,1-7H3/b13-8+/t20-,21-,22-,24-,25-,26+,27-,28+,29-,30+,31+,34-,35+,36-/m1/s1. The Morgan fingerprint density at radius 1 is 1.00 bits per heavy atom. The average molecular weight is 635 g/mol. The van der Waals surface area contributed by atoms with E-state index in [0.29, 0.717) is 31.1 Å². The Morgan fingerprint density at radius 2 is 1.69 bits per heavy atom. The molecule has 256 valence electrons. The highest BCUT2D eigenvalue weighted by Crippen LogP contribution is 2.75. The summed E-state index contributed by atoms with van der Waals surface area (Å²) in [4.78, 5) is 13.7. The van der Waals surface area contributed by atoms with Crippen molar-refractivity contribution in [3.8, 4) is 0 Å². The Labute approximate surface area is 268 Å². The van der Waals surface area contributed by atoms with Crippen molar-refractivity contribution >= 4 is 6.29 Å². The van der Waals surface area contributed by atoms with Crippen molar-refractivity contribution in [2.45, 2.75) is 142 Å². The van der Waals surface area contributed by atoms with Crippen LogP contribution in [0.25, 0.3) is 0 Å². The molecule has 1 heterocycles. The van der Waals surface area contributed by atoms with Crippen molar-refractivity contribution in [1.82, 2.24) is 0 Å². The fraction of sp³-hybridized carbons (Fsp3) is 0.861. The van der Waals surface area contributed by atoms with E-state index in [1.807, 2.05) is 19.9 Å². The zero-order chi connectivity index (χ0) is 33.3. The normalized spacial score (nSPS) is 48.7. The van der Waals surface area contributed by atoms with E-state index in [2.05, 4.69) is 32.9 Å². The van der Waals surface area contributed by atoms with Crippen molar-refractivity contribution in [3.05, 3.63) is 23.8 Å². The molecular formula is C36H58O9. The van der Waals surface area contributed by atoms with Gasteiger partial charge in [0.2, 0.25) is 0 Å². The predicted molar refractivity (Wildman–Crippen MR) is 169 cm³/mol. The summed E-state index contributed by atoms with van der Waals surface area (Å²) in [6.45, 7) is 14.0. The van der Waals surface area contributed by atoms with Crippen LogP contribution in [0, 0.1) is 45.3 Å². The third kappa shape index (κ3) is 5.51. The molecule has 9 nitrogen and oxygen atoms in total. The largest absolute Gasteiger partial charge is 0.394 e. The maximum Gasteiger partial charge on any atom is 0.187 e. The average Bonchev–Trinajstić information content (AvgIpc) is 3.25. The van der Waals surface area contributed by atoms with Crippen LogP contribution in [0.15, 0.2) is 23.8 Å². The lowest BCUT2D eigenvalue weighted by Gasteiger charge is -2.66. The molecule has 0 aromatic rings. The van der Waals surface area contributed by atoms with Gasteiger partial charge >= 0.3 is 0 Å². The zero-order valence-electron chi connectivity index (χ0n) is 28.2. The first kappa shape index (κ1) is 35.1. The van der Waals surface area contributed by atoms with Crippen LogP contribution >= 0.6 is 0 Å².